The van der Waals surface area contributed by atoms with Gasteiger partial charge in [-0.15, -0.1) is 0 Å². The summed E-state index contributed by atoms with van der Waals surface area (Å²) in [5.41, 5.74) is 5.31. The Hall–Kier alpha value is -2.14. The largest absolute Gasteiger partial charge is 0.357 e. The number of hydrogen-bond acceptors (Lipinski definition) is 3. The molecule has 4 rings (SSSR count). The molecule has 0 saturated carbocycles. The monoisotopic (exact) mass is 350 g/mol. The minimum atomic E-state index is -0.212. The van der Waals surface area contributed by atoms with Crippen LogP contribution in [0.5, 0.6) is 0 Å². The summed E-state index contributed by atoms with van der Waals surface area (Å²) in [6.07, 6.45) is 1.66. The van der Waals surface area contributed by atoms with E-state index in [1.165, 1.54) is 27.7 Å². The smallest absolute Gasteiger partial charge is 0.158 e. The zero-order valence-electron chi connectivity index (χ0n) is 15.4. The number of aromatic nitrogens is 1. The predicted molar refractivity (Wildman–Crippen MR) is 104 cm³/mol. The van der Waals surface area contributed by atoms with Gasteiger partial charge in [-0.25, -0.2) is 0 Å². The van der Waals surface area contributed by atoms with Crippen LogP contribution >= 0.6 is 0 Å². The van der Waals surface area contributed by atoms with Crippen molar-refractivity contribution in [2.75, 3.05) is 20.8 Å². The zero-order valence-corrected chi connectivity index (χ0v) is 15.4. The lowest BCUT2D eigenvalue weighted by atomic mass is 9.94. The van der Waals surface area contributed by atoms with Crippen LogP contribution in [0, 0.1) is 0 Å². The summed E-state index contributed by atoms with van der Waals surface area (Å²) in [5, 5.41) is 1.35. The van der Waals surface area contributed by atoms with Gasteiger partial charge in [-0.3, -0.25) is 4.90 Å². The Morgan fingerprint density at radius 2 is 1.77 bits per heavy atom. The molecule has 2 aromatic carbocycles. The lowest BCUT2D eigenvalue weighted by molar-refractivity contribution is -0.119. The molecule has 26 heavy (non-hydrogen) atoms. The Bertz CT molecular complexity index is 855. The third-order valence-electron chi connectivity index (χ3n) is 5.44. The summed E-state index contributed by atoms with van der Waals surface area (Å²) in [7, 11) is 3.43. The molecule has 1 aromatic heterocycles. The van der Waals surface area contributed by atoms with Crippen molar-refractivity contribution < 1.29 is 9.47 Å². The number of aromatic amines is 1. The molecule has 1 N–H and O–H groups in total. The summed E-state index contributed by atoms with van der Waals surface area (Å²) in [5.74, 6) is 0. The van der Waals surface area contributed by atoms with Crippen LogP contribution in [0.2, 0.25) is 0 Å². The van der Waals surface area contributed by atoms with Crippen LogP contribution < -0.4 is 0 Å². The molecule has 4 nitrogen and oxygen atoms in total. The fraction of sp³-hybridized carbons (Fsp3) is 0.364. The minimum Gasteiger partial charge on any atom is -0.357 e. The number of para-hydroxylation sites is 1. The van der Waals surface area contributed by atoms with Crippen LogP contribution in [0.4, 0.5) is 0 Å². The van der Waals surface area contributed by atoms with Crippen LogP contribution in [-0.2, 0) is 22.4 Å². The Morgan fingerprint density at radius 1 is 1.04 bits per heavy atom. The molecule has 0 saturated heterocycles. The number of methoxy groups -OCH3 is 2. The fourth-order valence-corrected chi connectivity index (χ4v) is 4.11. The van der Waals surface area contributed by atoms with E-state index in [1.807, 2.05) is 0 Å². The van der Waals surface area contributed by atoms with E-state index in [0.717, 1.165) is 25.9 Å². The first-order chi connectivity index (χ1) is 12.8. The molecule has 3 aromatic rings. The molecule has 1 aliphatic rings. The molecule has 4 heteroatoms. The zero-order chi connectivity index (χ0) is 17.9. The van der Waals surface area contributed by atoms with Crippen LogP contribution in [0.25, 0.3) is 10.9 Å². The van der Waals surface area contributed by atoms with Gasteiger partial charge in [0.25, 0.3) is 0 Å². The number of benzene rings is 2. The highest BCUT2D eigenvalue weighted by atomic mass is 16.7. The van der Waals surface area contributed by atoms with Gasteiger partial charge in [0.2, 0.25) is 0 Å². The van der Waals surface area contributed by atoms with Crippen molar-refractivity contribution in [1.82, 2.24) is 9.88 Å². The van der Waals surface area contributed by atoms with Gasteiger partial charge in [0, 0.05) is 50.3 Å². The molecule has 136 valence electrons. The number of nitrogens with zero attached hydrogens (tertiary/aromatic N) is 1. The van der Waals surface area contributed by atoms with Crippen molar-refractivity contribution in [3.63, 3.8) is 0 Å². The van der Waals surface area contributed by atoms with Crippen molar-refractivity contribution in [2.24, 2.45) is 0 Å². The molecule has 1 aliphatic heterocycles. The molecule has 1 atom stereocenters. The Labute approximate surface area is 154 Å². The van der Waals surface area contributed by atoms with E-state index < -0.39 is 0 Å². The third kappa shape index (κ3) is 3.28. The second kappa shape index (κ2) is 7.62. The molecule has 0 bridgehead atoms. The highest BCUT2D eigenvalue weighted by Gasteiger charge is 2.32. The number of rotatable bonds is 6. The van der Waals surface area contributed by atoms with Gasteiger partial charge in [-0.2, -0.15) is 0 Å². The Kier molecular flexibility index (Phi) is 5.07. The summed E-state index contributed by atoms with van der Waals surface area (Å²) in [4.78, 5) is 6.22. The van der Waals surface area contributed by atoms with Crippen LogP contribution in [-0.4, -0.2) is 36.9 Å². The van der Waals surface area contributed by atoms with Gasteiger partial charge >= 0.3 is 0 Å². The first kappa shape index (κ1) is 17.3. The molecule has 2 heterocycles. The number of fused-ring (bicyclic) bond motifs is 3. The normalized spacial score (nSPS) is 17.7. The van der Waals surface area contributed by atoms with Crippen LogP contribution in [0.15, 0.2) is 54.6 Å². The number of hydrogen-bond donors (Lipinski definition) is 1. The van der Waals surface area contributed by atoms with E-state index in [4.69, 9.17) is 9.47 Å². The van der Waals surface area contributed by atoms with E-state index in [0.29, 0.717) is 0 Å². The van der Waals surface area contributed by atoms with Crippen LogP contribution in [0.3, 0.4) is 0 Å². The maximum Gasteiger partial charge on any atom is 0.158 e. The summed E-state index contributed by atoms with van der Waals surface area (Å²) in [6.45, 7) is 1.97. The lowest BCUT2D eigenvalue weighted by Gasteiger charge is -2.37. The van der Waals surface area contributed by atoms with Gasteiger partial charge < -0.3 is 14.5 Å². The molecule has 0 spiro atoms. The van der Waals surface area contributed by atoms with Gasteiger partial charge in [-0.1, -0.05) is 48.5 Å². The average Bonchev–Trinajstić information content (AvgIpc) is 3.07. The predicted octanol–water partition coefficient (Wildman–Crippen LogP) is 4.28. The Balaban J connectivity index is 1.70. The maximum atomic E-state index is 5.53. The summed E-state index contributed by atoms with van der Waals surface area (Å²) < 4.78 is 11.1. The van der Waals surface area contributed by atoms with E-state index in [-0.39, 0.29) is 12.3 Å². The maximum absolute atomic E-state index is 5.53. The van der Waals surface area contributed by atoms with E-state index in [1.54, 1.807) is 14.2 Å². The lowest BCUT2D eigenvalue weighted by Crippen LogP contribution is -2.37. The van der Waals surface area contributed by atoms with Gasteiger partial charge in [0.05, 0.1) is 6.04 Å². The molecule has 0 amide bonds. The second-order valence-electron chi connectivity index (χ2n) is 6.92. The van der Waals surface area contributed by atoms with Crippen molar-refractivity contribution in [3.05, 3.63) is 71.4 Å². The second-order valence-corrected chi connectivity index (χ2v) is 6.92. The van der Waals surface area contributed by atoms with Gasteiger partial charge in [0.15, 0.2) is 6.29 Å². The molecule has 1 unspecified atom stereocenters. The Morgan fingerprint density at radius 3 is 2.54 bits per heavy atom. The minimum absolute atomic E-state index is 0.212. The quantitative estimate of drug-likeness (QED) is 0.675. The van der Waals surface area contributed by atoms with Crippen molar-refractivity contribution >= 4 is 10.9 Å². The number of H-pyrrole nitrogens is 1. The third-order valence-corrected chi connectivity index (χ3v) is 5.44. The van der Waals surface area contributed by atoms with Gasteiger partial charge in [-0.05, 0) is 23.6 Å². The van der Waals surface area contributed by atoms with Crippen molar-refractivity contribution in [1.29, 1.82) is 0 Å². The molecule has 0 radical (unpaired) electrons. The van der Waals surface area contributed by atoms with Gasteiger partial charge in [0.1, 0.15) is 0 Å². The first-order valence-electron chi connectivity index (χ1n) is 9.23. The average molecular weight is 350 g/mol. The van der Waals surface area contributed by atoms with Crippen molar-refractivity contribution in [3.8, 4) is 0 Å². The highest BCUT2D eigenvalue weighted by Crippen LogP contribution is 2.38. The number of nitrogens with one attached hydrogen (secondary N) is 1. The van der Waals surface area contributed by atoms with Crippen LogP contribution in [0.1, 0.15) is 29.3 Å². The molecular formula is C22H26N2O2. The molecule has 0 aliphatic carbocycles. The standard InChI is InChI=1S/C22H26N2O2/c1-25-21(26-2)14-20-22-18(17-10-6-7-11-19(17)23-22)12-13-24(20)15-16-8-4-3-5-9-16/h3-11,20-21,23H,12-15H2,1-2H3. The fourth-order valence-electron chi connectivity index (χ4n) is 4.11. The SMILES string of the molecule is COC(CC1c2[nH]c3ccccc3c2CCN1Cc1ccccc1)OC. The first-order valence-corrected chi connectivity index (χ1v) is 9.23. The topological polar surface area (TPSA) is 37.5 Å². The van der Waals surface area contributed by atoms with E-state index in [2.05, 4.69) is 64.5 Å². The molecular weight excluding hydrogens is 324 g/mol. The van der Waals surface area contributed by atoms with E-state index >= 15 is 0 Å². The summed E-state index contributed by atoms with van der Waals surface area (Å²) in [6, 6.07) is 19.5. The van der Waals surface area contributed by atoms with E-state index in [9.17, 15) is 0 Å². The highest BCUT2D eigenvalue weighted by molar-refractivity contribution is 5.85. The molecule has 0 fully saturated rings. The summed E-state index contributed by atoms with van der Waals surface area (Å²) >= 11 is 0. The number of ether oxygens (including phenoxy) is 2. The van der Waals surface area contributed by atoms with Crippen molar-refractivity contribution in [2.45, 2.75) is 31.7 Å².